The van der Waals surface area contributed by atoms with E-state index in [1.807, 2.05) is 6.08 Å². The van der Waals surface area contributed by atoms with Crippen molar-refractivity contribution >= 4 is 16.3 Å². The average molecular weight is 876 g/mol. The molecule has 352 valence electrons. The predicted octanol–water partition coefficient (Wildman–Crippen LogP) is 8.08. The van der Waals surface area contributed by atoms with Gasteiger partial charge in [0.15, 0.2) is 6.29 Å². The zero-order valence-corrected chi connectivity index (χ0v) is 37.9. The summed E-state index contributed by atoms with van der Waals surface area (Å²) in [4.78, 5) is 13.1. The minimum atomic E-state index is -5.12. The number of hydrogen-bond donors (Lipinski definition) is 7. The van der Waals surface area contributed by atoms with Gasteiger partial charge in [0.2, 0.25) is 5.91 Å². The van der Waals surface area contributed by atoms with Crippen LogP contribution >= 0.6 is 0 Å². The van der Waals surface area contributed by atoms with Gasteiger partial charge in [0, 0.05) is 0 Å². The molecule has 0 aromatic heterocycles. The smallest absolute Gasteiger partial charge is 0.394 e. The van der Waals surface area contributed by atoms with Crippen molar-refractivity contribution in [2.24, 2.45) is 0 Å². The van der Waals surface area contributed by atoms with Gasteiger partial charge in [0.05, 0.1) is 25.4 Å². The van der Waals surface area contributed by atoms with Crippen LogP contribution in [0.15, 0.2) is 36.5 Å². The summed E-state index contributed by atoms with van der Waals surface area (Å²) in [5.74, 6) is -0.708. The first-order valence-electron chi connectivity index (χ1n) is 23.5. The molecule has 1 heterocycles. The fraction of sp³-hybridized carbons (Fsp3) is 0.848. The molecular weight excluding hydrogens is 791 g/mol. The first kappa shape index (κ1) is 56.3. The number of unbranched alkanes of at least 4 members (excludes halogenated alkanes) is 23. The lowest BCUT2D eigenvalue weighted by Gasteiger charge is -2.41. The topological polar surface area (TPSA) is 212 Å². The minimum Gasteiger partial charge on any atom is -0.394 e. The van der Waals surface area contributed by atoms with Gasteiger partial charge in [-0.05, 0) is 44.9 Å². The van der Waals surface area contributed by atoms with Gasteiger partial charge in [0.1, 0.15) is 30.5 Å². The largest absolute Gasteiger partial charge is 0.397 e. The third-order valence-corrected chi connectivity index (χ3v) is 11.5. The molecule has 1 aliphatic heterocycles. The van der Waals surface area contributed by atoms with E-state index in [1.54, 1.807) is 0 Å². The lowest BCUT2D eigenvalue weighted by atomic mass is 9.99. The summed E-state index contributed by atoms with van der Waals surface area (Å²) in [6.45, 7) is 3.17. The Morgan fingerprint density at radius 1 is 0.683 bits per heavy atom. The Labute approximate surface area is 363 Å². The van der Waals surface area contributed by atoms with Gasteiger partial charge in [-0.15, -0.1) is 0 Å². The molecule has 1 aliphatic rings. The molecule has 1 saturated heterocycles. The van der Waals surface area contributed by atoms with Gasteiger partial charge in [-0.25, -0.2) is 4.18 Å². The Morgan fingerprint density at radius 2 is 1.13 bits per heavy atom. The van der Waals surface area contributed by atoms with Crippen molar-refractivity contribution in [2.45, 2.75) is 236 Å². The molecule has 0 bridgehead atoms. The van der Waals surface area contributed by atoms with E-state index in [2.05, 4.69) is 47.7 Å². The number of ether oxygens (including phenoxy) is 2. The molecule has 8 atom stereocenters. The summed E-state index contributed by atoms with van der Waals surface area (Å²) in [7, 11) is -5.12. The molecule has 1 fully saturated rings. The summed E-state index contributed by atoms with van der Waals surface area (Å²) in [5, 5.41) is 55.2. The van der Waals surface area contributed by atoms with Crippen LogP contribution in [0.25, 0.3) is 0 Å². The third-order valence-electron chi connectivity index (χ3n) is 11.1. The number of nitrogens with one attached hydrogen (secondary N) is 1. The first-order chi connectivity index (χ1) is 28.9. The summed E-state index contributed by atoms with van der Waals surface area (Å²) < 4.78 is 47.5. The summed E-state index contributed by atoms with van der Waals surface area (Å²) in [6.07, 6.45) is 30.8. The molecule has 0 aromatic rings. The molecule has 60 heavy (non-hydrogen) atoms. The highest BCUT2D eigenvalue weighted by Crippen LogP contribution is 2.26. The maximum atomic E-state index is 13.1. The minimum absolute atomic E-state index is 0.237. The summed E-state index contributed by atoms with van der Waals surface area (Å²) >= 11 is 0. The van der Waals surface area contributed by atoms with Crippen LogP contribution in [0.1, 0.15) is 187 Å². The number of aliphatic hydroxyl groups is 5. The van der Waals surface area contributed by atoms with E-state index in [0.29, 0.717) is 12.8 Å². The quantitative estimate of drug-likeness (QED) is 0.0135. The molecule has 0 radical (unpaired) electrons. The average Bonchev–Trinajstić information content (AvgIpc) is 3.22. The molecule has 14 heteroatoms. The van der Waals surface area contributed by atoms with Gasteiger partial charge in [-0.1, -0.05) is 179 Å². The molecule has 1 amide bonds. The van der Waals surface area contributed by atoms with E-state index in [-0.39, 0.29) is 6.42 Å². The van der Waals surface area contributed by atoms with E-state index in [4.69, 9.17) is 9.47 Å². The standard InChI is InChI=1S/C46H85NO12S/c1-3-5-7-9-11-13-15-17-18-19-20-21-23-25-27-29-31-33-35-40(50)45(53)47-38(39(49)34-32-30-28-26-24-22-16-14-12-10-8-6-4-2)37-57-46-43(52)44(59-60(54,55)56)42(51)41(36-48)58-46/h11,13,15,17,32,34,38-44,46,48-52H,3-10,12,14,16,18-31,33,35-37H2,1-2H3,(H,47,53)(H,54,55,56)/b13-11-,17-15-,34-32+. The summed E-state index contributed by atoms with van der Waals surface area (Å²) in [5.41, 5.74) is 0. The second-order valence-electron chi connectivity index (χ2n) is 16.5. The number of rotatable bonds is 39. The van der Waals surface area contributed by atoms with Crippen molar-refractivity contribution in [1.82, 2.24) is 5.32 Å². The normalized spacial score (nSPS) is 21.6. The Kier molecular flexibility index (Phi) is 34.5. The third kappa shape index (κ3) is 28.8. The maximum Gasteiger partial charge on any atom is 0.397 e. The van der Waals surface area contributed by atoms with E-state index in [1.165, 1.54) is 102 Å². The van der Waals surface area contributed by atoms with E-state index in [0.717, 1.165) is 57.8 Å². The predicted molar refractivity (Wildman–Crippen MR) is 238 cm³/mol. The van der Waals surface area contributed by atoms with Crippen LogP contribution in [-0.2, 0) is 28.9 Å². The molecule has 8 unspecified atom stereocenters. The van der Waals surface area contributed by atoms with Gasteiger partial charge in [-0.3, -0.25) is 9.35 Å². The van der Waals surface area contributed by atoms with Gasteiger partial charge in [0.25, 0.3) is 0 Å². The molecule has 0 saturated carbocycles. The van der Waals surface area contributed by atoms with Crippen LogP contribution in [0.4, 0.5) is 0 Å². The van der Waals surface area contributed by atoms with Crippen molar-refractivity contribution in [3.63, 3.8) is 0 Å². The molecule has 0 aromatic carbocycles. The summed E-state index contributed by atoms with van der Waals surface area (Å²) in [6, 6.07) is -1.12. The van der Waals surface area contributed by atoms with E-state index in [9.17, 15) is 43.3 Å². The molecule has 13 nitrogen and oxygen atoms in total. The van der Waals surface area contributed by atoms with Crippen LogP contribution in [-0.4, -0.2) is 107 Å². The van der Waals surface area contributed by atoms with Crippen molar-refractivity contribution < 1.29 is 57.0 Å². The lowest BCUT2D eigenvalue weighted by molar-refractivity contribution is -0.298. The Morgan fingerprint density at radius 3 is 1.63 bits per heavy atom. The number of allylic oxidation sites excluding steroid dienone is 5. The molecule has 1 rings (SSSR count). The first-order valence-corrected chi connectivity index (χ1v) is 24.9. The highest BCUT2D eigenvalue weighted by atomic mass is 32.3. The lowest BCUT2D eigenvalue weighted by Crippen LogP contribution is -2.61. The number of aliphatic hydroxyl groups excluding tert-OH is 5. The van der Waals surface area contributed by atoms with Gasteiger partial charge in [-0.2, -0.15) is 8.42 Å². The zero-order valence-electron chi connectivity index (χ0n) is 37.1. The Bertz CT molecular complexity index is 1230. The maximum absolute atomic E-state index is 13.1. The van der Waals surface area contributed by atoms with Crippen molar-refractivity contribution in [3.05, 3.63) is 36.5 Å². The van der Waals surface area contributed by atoms with Crippen molar-refractivity contribution in [2.75, 3.05) is 13.2 Å². The second-order valence-corrected chi connectivity index (χ2v) is 17.6. The second kappa shape index (κ2) is 36.7. The van der Waals surface area contributed by atoms with Crippen LogP contribution in [0.3, 0.4) is 0 Å². The van der Waals surface area contributed by atoms with Crippen LogP contribution in [0, 0.1) is 0 Å². The molecule has 0 aliphatic carbocycles. The fourth-order valence-electron chi connectivity index (χ4n) is 7.27. The number of carbonyl (C=O) groups is 1. The Hall–Kier alpha value is -1.72. The van der Waals surface area contributed by atoms with Gasteiger partial charge >= 0.3 is 10.4 Å². The number of hydrogen-bond acceptors (Lipinski definition) is 11. The SMILES string of the molecule is CCCCC/C=C\C=C/CCCCCCCCCCCC(O)C(=O)NC(COC1OC(CO)C(O)C(OS(=O)(=O)O)C1O)C(O)/C=C/CCCCCCCCCCCCC. The van der Waals surface area contributed by atoms with Crippen LogP contribution in [0.5, 0.6) is 0 Å². The number of amides is 1. The molecule has 7 N–H and O–H groups in total. The van der Waals surface area contributed by atoms with Gasteiger partial charge < -0.3 is 40.3 Å². The van der Waals surface area contributed by atoms with Crippen LogP contribution in [0.2, 0.25) is 0 Å². The fourth-order valence-corrected chi connectivity index (χ4v) is 7.78. The highest BCUT2D eigenvalue weighted by molar-refractivity contribution is 7.80. The Balaban J connectivity index is 2.57. The zero-order chi connectivity index (χ0) is 44.3. The molecule has 0 spiro atoms. The van der Waals surface area contributed by atoms with E-state index < -0.39 is 78.5 Å². The number of carbonyl (C=O) groups excluding carboxylic acids is 1. The van der Waals surface area contributed by atoms with E-state index >= 15 is 0 Å². The monoisotopic (exact) mass is 876 g/mol. The molecular formula is C46H85NO12S. The van der Waals surface area contributed by atoms with Crippen LogP contribution < -0.4 is 5.32 Å². The highest BCUT2D eigenvalue weighted by Gasteiger charge is 2.48. The van der Waals surface area contributed by atoms with Crippen molar-refractivity contribution in [3.8, 4) is 0 Å². The van der Waals surface area contributed by atoms with Crippen molar-refractivity contribution in [1.29, 1.82) is 0 Å².